The van der Waals surface area contributed by atoms with Crippen molar-refractivity contribution in [2.24, 2.45) is 4.99 Å². The van der Waals surface area contributed by atoms with E-state index in [4.69, 9.17) is 9.47 Å². The molecule has 0 atom stereocenters. The molecule has 1 saturated heterocycles. The van der Waals surface area contributed by atoms with Crippen LogP contribution in [0.3, 0.4) is 0 Å². The minimum atomic E-state index is -0.223. The second-order valence-electron chi connectivity index (χ2n) is 5.89. The standard InChI is InChI=1S/C17H26FN3O2/c1-19-16(20-13-17(22-3)7-9-23-10-8-17)21(2)12-14-5-4-6-15(18)11-14/h4-6,11H,7-10,12-13H2,1-3H3,(H,19,20). The average Bonchev–Trinajstić information content (AvgIpc) is 2.56. The van der Waals surface area contributed by atoms with E-state index >= 15 is 0 Å². The quantitative estimate of drug-likeness (QED) is 0.665. The largest absolute Gasteiger partial charge is 0.381 e. The molecule has 6 heteroatoms. The smallest absolute Gasteiger partial charge is 0.193 e. The molecule has 0 radical (unpaired) electrons. The summed E-state index contributed by atoms with van der Waals surface area (Å²) in [5.41, 5.74) is 0.691. The van der Waals surface area contributed by atoms with Crippen molar-refractivity contribution in [1.82, 2.24) is 10.2 Å². The Balaban J connectivity index is 1.93. The van der Waals surface area contributed by atoms with Crippen LogP contribution in [0.15, 0.2) is 29.3 Å². The summed E-state index contributed by atoms with van der Waals surface area (Å²) in [6, 6.07) is 6.61. The molecular formula is C17H26FN3O2. The zero-order chi connectivity index (χ0) is 16.7. The van der Waals surface area contributed by atoms with E-state index in [9.17, 15) is 4.39 Å². The number of methoxy groups -OCH3 is 1. The maximum Gasteiger partial charge on any atom is 0.193 e. The molecule has 0 spiro atoms. The van der Waals surface area contributed by atoms with Crippen molar-refractivity contribution in [3.8, 4) is 0 Å². The van der Waals surface area contributed by atoms with E-state index in [0.29, 0.717) is 26.3 Å². The van der Waals surface area contributed by atoms with Crippen LogP contribution in [0.4, 0.5) is 4.39 Å². The topological polar surface area (TPSA) is 46.1 Å². The van der Waals surface area contributed by atoms with Crippen LogP contribution in [0.5, 0.6) is 0 Å². The number of hydrogen-bond acceptors (Lipinski definition) is 3. The van der Waals surface area contributed by atoms with E-state index in [0.717, 1.165) is 24.4 Å². The lowest BCUT2D eigenvalue weighted by atomic mass is 9.94. The fraction of sp³-hybridized carbons (Fsp3) is 0.588. The maximum atomic E-state index is 13.3. The maximum absolute atomic E-state index is 13.3. The van der Waals surface area contributed by atoms with Crippen LogP contribution in [0.2, 0.25) is 0 Å². The molecule has 23 heavy (non-hydrogen) atoms. The molecule has 0 saturated carbocycles. The van der Waals surface area contributed by atoms with Crippen LogP contribution in [0.1, 0.15) is 18.4 Å². The molecule has 0 aromatic heterocycles. The van der Waals surface area contributed by atoms with Gasteiger partial charge in [0.15, 0.2) is 5.96 Å². The Labute approximate surface area is 137 Å². The fourth-order valence-corrected chi connectivity index (χ4v) is 2.81. The normalized spacial score (nSPS) is 17.8. The number of hydrogen-bond donors (Lipinski definition) is 1. The Hall–Kier alpha value is -1.66. The van der Waals surface area contributed by atoms with Gasteiger partial charge in [-0.3, -0.25) is 4.99 Å². The Kier molecular flexibility index (Phi) is 6.36. The summed E-state index contributed by atoms with van der Waals surface area (Å²) in [4.78, 5) is 6.28. The first-order valence-corrected chi connectivity index (χ1v) is 7.88. The first-order valence-electron chi connectivity index (χ1n) is 7.88. The van der Waals surface area contributed by atoms with Gasteiger partial charge in [-0.15, -0.1) is 0 Å². The van der Waals surface area contributed by atoms with Crippen molar-refractivity contribution in [2.45, 2.75) is 25.0 Å². The molecule has 1 aromatic carbocycles. The third-order valence-electron chi connectivity index (χ3n) is 4.29. The minimum absolute atomic E-state index is 0.214. The van der Waals surface area contributed by atoms with E-state index in [1.54, 1.807) is 26.3 Å². The first-order chi connectivity index (χ1) is 11.1. The highest BCUT2D eigenvalue weighted by molar-refractivity contribution is 5.79. The van der Waals surface area contributed by atoms with Gasteiger partial charge in [-0.05, 0) is 17.7 Å². The molecule has 0 amide bonds. The first kappa shape index (κ1) is 17.7. The predicted octanol–water partition coefficient (Wildman–Crippen LogP) is 2.03. The summed E-state index contributed by atoms with van der Waals surface area (Å²) in [7, 11) is 5.42. The predicted molar refractivity (Wildman–Crippen MR) is 89.0 cm³/mol. The molecule has 1 fully saturated rings. The van der Waals surface area contributed by atoms with Crippen molar-refractivity contribution in [3.05, 3.63) is 35.6 Å². The van der Waals surface area contributed by atoms with Gasteiger partial charge in [0.1, 0.15) is 5.82 Å². The molecule has 0 unspecified atom stereocenters. The van der Waals surface area contributed by atoms with E-state index in [1.165, 1.54) is 6.07 Å². The molecule has 0 bridgehead atoms. The van der Waals surface area contributed by atoms with Crippen LogP contribution in [0, 0.1) is 5.82 Å². The van der Waals surface area contributed by atoms with E-state index < -0.39 is 0 Å². The lowest BCUT2D eigenvalue weighted by Gasteiger charge is -2.37. The van der Waals surface area contributed by atoms with Gasteiger partial charge in [-0.25, -0.2) is 4.39 Å². The number of ether oxygens (including phenoxy) is 2. The van der Waals surface area contributed by atoms with E-state index in [1.807, 2.05) is 18.0 Å². The van der Waals surface area contributed by atoms with Crippen LogP contribution in [-0.4, -0.2) is 57.4 Å². The highest BCUT2D eigenvalue weighted by Gasteiger charge is 2.32. The highest BCUT2D eigenvalue weighted by Crippen LogP contribution is 2.23. The third-order valence-corrected chi connectivity index (χ3v) is 4.29. The number of nitrogens with zero attached hydrogens (tertiary/aromatic N) is 2. The van der Waals surface area contributed by atoms with Gasteiger partial charge < -0.3 is 19.7 Å². The Morgan fingerprint density at radius 2 is 2.17 bits per heavy atom. The van der Waals surface area contributed by atoms with Crippen LogP contribution >= 0.6 is 0 Å². The third kappa shape index (κ3) is 4.91. The fourth-order valence-electron chi connectivity index (χ4n) is 2.81. The number of rotatable bonds is 5. The Morgan fingerprint density at radius 1 is 1.43 bits per heavy atom. The summed E-state index contributed by atoms with van der Waals surface area (Å²) < 4.78 is 24.4. The molecule has 2 rings (SSSR count). The molecule has 1 N–H and O–H groups in total. The molecular weight excluding hydrogens is 297 g/mol. The van der Waals surface area contributed by atoms with Crippen molar-refractivity contribution in [2.75, 3.05) is 41.0 Å². The summed E-state index contributed by atoms with van der Waals surface area (Å²) in [6.07, 6.45) is 1.72. The lowest BCUT2D eigenvalue weighted by molar-refractivity contribution is -0.0857. The number of halogens is 1. The number of aliphatic imine (C=N–C) groups is 1. The van der Waals surface area contributed by atoms with Crippen molar-refractivity contribution in [1.29, 1.82) is 0 Å². The molecule has 1 heterocycles. The van der Waals surface area contributed by atoms with Crippen LogP contribution in [0.25, 0.3) is 0 Å². The molecule has 1 aliphatic heterocycles. The monoisotopic (exact) mass is 323 g/mol. The molecule has 5 nitrogen and oxygen atoms in total. The molecule has 1 aromatic rings. The summed E-state index contributed by atoms with van der Waals surface area (Å²) in [5, 5.41) is 3.37. The van der Waals surface area contributed by atoms with Gasteiger partial charge in [0.25, 0.3) is 0 Å². The van der Waals surface area contributed by atoms with Gasteiger partial charge in [-0.2, -0.15) is 0 Å². The van der Waals surface area contributed by atoms with Gasteiger partial charge >= 0.3 is 0 Å². The van der Waals surface area contributed by atoms with E-state index in [-0.39, 0.29) is 11.4 Å². The zero-order valence-corrected chi connectivity index (χ0v) is 14.1. The van der Waals surface area contributed by atoms with Crippen molar-refractivity contribution < 1.29 is 13.9 Å². The zero-order valence-electron chi connectivity index (χ0n) is 14.1. The number of guanidine groups is 1. The number of benzene rings is 1. The van der Waals surface area contributed by atoms with Crippen molar-refractivity contribution >= 4 is 5.96 Å². The van der Waals surface area contributed by atoms with Gasteiger partial charge in [0, 0.05) is 60.4 Å². The number of nitrogens with one attached hydrogen (secondary N) is 1. The van der Waals surface area contributed by atoms with Gasteiger partial charge in [0.05, 0.1) is 5.60 Å². The average molecular weight is 323 g/mol. The highest BCUT2D eigenvalue weighted by atomic mass is 19.1. The summed E-state index contributed by atoms with van der Waals surface area (Å²) >= 11 is 0. The molecule has 0 aliphatic carbocycles. The Morgan fingerprint density at radius 3 is 2.78 bits per heavy atom. The van der Waals surface area contributed by atoms with Crippen molar-refractivity contribution in [3.63, 3.8) is 0 Å². The van der Waals surface area contributed by atoms with Gasteiger partial charge in [-0.1, -0.05) is 12.1 Å². The molecule has 128 valence electrons. The SMILES string of the molecule is CN=C(NCC1(OC)CCOCC1)N(C)Cc1cccc(F)c1. The van der Waals surface area contributed by atoms with Crippen LogP contribution < -0.4 is 5.32 Å². The lowest BCUT2D eigenvalue weighted by Crippen LogP contribution is -2.50. The Bertz CT molecular complexity index is 530. The summed E-state index contributed by atoms with van der Waals surface area (Å²) in [6.45, 7) is 2.69. The minimum Gasteiger partial charge on any atom is -0.381 e. The van der Waals surface area contributed by atoms with Crippen LogP contribution in [-0.2, 0) is 16.0 Å². The van der Waals surface area contributed by atoms with Gasteiger partial charge in [0.2, 0.25) is 0 Å². The molecule has 1 aliphatic rings. The van der Waals surface area contributed by atoms with E-state index in [2.05, 4.69) is 10.3 Å². The second-order valence-corrected chi connectivity index (χ2v) is 5.89. The summed E-state index contributed by atoms with van der Waals surface area (Å²) in [5.74, 6) is 0.538. The second kappa shape index (κ2) is 8.26.